The number of carbonyl (C=O) groups is 1. The number of hydrogen-bond acceptors (Lipinski definition) is 3. The normalized spacial score (nSPS) is 24.4. The molecule has 1 unspecified atom stereocenters. The smallest absolute Gasteiger partial charge is 0.317 e. The van der Waals surface area contributed by atoms with Gasteiger partial charge in [0.05, 0.1) is 5.52 Å². The van der Waals surface area contributed by atoms with Gasteiger partial charge in [-0.1, -0.05) is 18.2 Å². The Balaban J connectivity index is 0.00000113. The van der Waals surface area contributed by atoms with Gasteiger partial charge in [-0.05, 0) is 42.4 Å². The molecule has 2 aliphatic rings. The fourth-order valence-corrected chi connectivity index (χ4v) is 3.93. The topological polar surface area (TPSA) is 71.2 Å². The van der Waals surface area contributed by atoms with Gasteiger partial charge < -0.3 is 16.0 Å². The number of halogens is 2. The average Bonchev–Trinajstić information content (AvgIpc) is 2.80. The number of amides is 2. The van der Waals surface area contributed by atoms with Crippen molar-refractivity contribution in [3.63, 3.8) is 0 Å². The molecule has 2 bridgehead atoms. The van der Waals surface area contributed by atoms with Crippen molar-refractivity contribution in [2.45, 2.75) is 25.4 Å². The summed E-state index contributed by atoms with van der Waals surface area (Å²) >= 11 is 0. The summed E-state index contributed by atoms with van der Waals surface area (Å²) < 4.78 is 0. The Kier molecular flexibility index (Phi) is 6.49. The van der Waals surface area contributed by atoms with Crippen molar-refractivity contribution in [2.75, 3.05) is 13.1 Å². The molecule has 25 heavy (non-hydrogen) atoms. The van der Waals surface area contributed by atoms with E-state index in [1.807, 2.05) is 35.4 Å². The lowest BCUT2D eigenvalue weighted by molar-refractivity contribution is 0.150. The molecule has 4 rings (SSSR count). The molecule has 3 atom stereocenters. The molecular weight excluding hydrogens is 359 g/mol. The molecular formula is C18H24Cl2N4O. The highest BCUT2D eigenvalue weighted by molar-refractivity contribution is 5.85. The van der Waals surface area contributed by atoms with Crippen molar-refractivity contribution < 1.29 is 4.79 Å². The van der Waals surface area contributed by atoms with Crippen molar-refractivity contribution in [3.05, 3.63) is 42.1 Å². The van der Waals surface area contributed by atoms with Crippen molar-refractivity contribution in [1.29, 1.82) is 0 Å². The summed E-state index contributed by atoms with van der Waals surface area (Å²) in [7, 11) is 0. The first-order valence-electron chi connectivity index (χ1n) is 8.33. The van der Waals surface area contributed by atoms with Gasteiger partial charge in [-0.25, -0.2) is 4.79 Å². The molecule has 1 saturated carbocycles. The maximum atomic E-state index is 12.4. The van der Waals surface area contributed by atoms with Crippen molar-refractivity contribution >= 4 is 41.7 Å². The van der Waals surface area contributed by atoms with Gasteiger partial charge in [-0.3, -0.25) is 4.98 Å². The number of hydrogen-bond donors (Lipinski definition) is 2. The second-order valence-corrected chi connectivity index (χ2v) is 6.77. The molecule has 2 amide bonds. The Morgan fingerprint density at radius 3 is 2.60 bits per heavy atom. The van der Waals surface area contributed by atoms with Gasteiger partial charge in [0.15, 0.2) is 0 Å². The molecule has 136 valence electrons. The highest BCUT2D eigenvalue weighted by Gasteiger charge is 2.41. The van der Waals surface area contributed by atoms with E-state index in [1.165, 1.54) is 0 Å². The molecule has 0 radical (unpaired) electrons. The maximum Gasteiger partial charge on any atom is 0.317 e. The first-order valence-corrected chi connectivity index (χ1v) is 8.33. The Hall–Kier alpha value is -1.56. The lowest BCUT2D eigenvalue weighted by Crippen LogP contribution is -2.53. The number of para-hydroxylation sites is 1. The number of urea groups is 1. The van der Waals surface area contributed by atoms with E-state index >= 15 is 0 Å². The molecule has 2 fully saturated rings. The van der Waals surface area contributed by atoms with E-state index in [1.54, 1.807) is 0 Å². The summed E-state index contributed by atoms with van der Waals surface area (Å²) in [6.45, 7) is 2.09. The first-order chi connectivity index (χ1) is 11.2. The van der Waals surface area contributed by atoms with Crippen LogP contribution in [0.5, 0.6) is 0 Å². The monoisotopic (exact) mass is 382 g/mol. The molecule has 3 N–H and O–H groups in total. The van der Waals surface area contributed by atoms with Gasteiger partial charge in [0.2, 0.25) is 0 Å². The number of pyridine rings is 1. The lowest BCUT2D eigenvalue weighted by atomic mass is 9.93. The molecule has 1 aliphatic carbocycles. The maximum absolute atomic E-state index is 12.4. The molecule has 1 aliphatic heterocycles. The van der Waals surface area contributed by atoms with Crippen LogP contribution in [0.4, 0.5) is 4.79 Å². The average molecular weight is 383 g/mol. The predicted octanol–water partition coefficient (Wildman–Crippen LogP) is 2.96. The summed E-state index contributed by atoms with van der Waals surface area (Å²) in [5, 5.41) is 4.12. The van der Waals surface area contributed by atoms with E-state index in [-0.39, 0.29) is 36.9 Å². The number of fused-ring (bicyclic) bond motifs is 3. The van der Waals surface area contributed by atoms with Crippen LogP contribution < -0.4 is 11.1 Å². The number of carbonyl (C=O) groups excluding carboxylic acids is 1. The number of benzene rings is 1. The first kappa shape index (κ1) is 19.8. The van der Waals surface area contributed by atoms with Crippen molar-refractivity contribution in [3.8, 4) is 0 Å². The molecule has 1 aromatic carbocycles. The molecule has 7 heteroatoms. The van der Waals surface area contributed by atoms with E-state index in [4.69, 9.17) is 5.73 Å². The predicted molar refractivity (Wildman–Crippen MR) is 104 cm³/mol. The van der Waals surface area contributed by atoms with Crippen LogP contribution in [0.25, 0.3) is 10.9 Å². The van der Waals surface area contributed by atoms with Crippen LogP contribution in [0, 0.1) is 11.8 Å². The van der Waals surface area contributed by atoms with E-state index in [0.717, 1.165) is 42.4 Å². The Morgan fingerprint density at radius 2 is 1.88 bits per heavy atom. The zero-order valence-corrected chi connectivity index (χ0v) is 15.6. The number of nitrogens with one attached hydrogen (secondary N) is 1. The van der Waals surface area contributed by atoms with Gasteiger partial charge in [0.1, 0.15) is 0 Å². The van der Waals surface area contributed by atoms with Crippen LogP contribution in [0.15, 0.2) is 36.5 Å². The van der Waals surface area contributed by atoms with E-state index in [9.17, 15) is 4.79 Å². The fourth-order valence-electron chi connectivity index (χ4n) is 3.93. The third-order valence-corrected chi connectivity index (χ3v) is 5.28. The third kappa shape index (κ3) is 4.00. The molecule has 5 nitrogen and oxygen atoms in total. The standard InChI is InChI=1S/C18H22N4O.2ClH/c19-17-14-5-6-15(17)11-22(10-14)18(23)21-9-12-7-13-3-1-2-4-16(13)20-8-12;;/h1-4,7-8,14-15,17H,5-6,9-11,19H2,(H,21,23);2*1H/t14-,15+,17?;;. The quantitative estimate of drug-likeness (QED) is 0.838. The van der Waals surface area contributed by atoms with Crippen LogP contribution in [0.1, 0.15) is 18.4 Å². The number of likely N-dealkylation sites (tertiary alicyclic amines) is 1. The van der Waals surface area contributed by atoms with Crippen LogP contribution in [-0.2, 0) is 6.54 Å². The summed E-state index contributed by atoms with van der Waals surface area (Å²) in [5.74, 6) is 0.948. The van der Waals surface area contributed by atoms with Gasteiger partial charge in [0, 0.05) is 37.3 Å². The number of piperidine rings is 1. The van der Waals surface area contributed by atoms with Crippen molar-refractivity contribution in [2.24, 2.45) is 17.6 Å². The second kappa shape index (κ2) is 8.21. The van der Waals surface area contributed by atoms with Crippen LogP contribution in [0.2, 0.25) is 0 Å². The highest BCUT2D eigenvalue weighted by atomic mass is 35.5. The number of nitrogens with zero attached hydrogens (tertiary/aromatic N) is 2. The highest BCUT2D eigenvalue weighted by Crippen LogP contribution is 2.35. The summed E-state index contributed by atoms with van der Waals surface area (Å²) in [6, 6.07) is 10.4. The largest absolute Gasteiger partial charge is 0.334 e. The second-order valence-electron chi connectivity index (χ2n) is 6.77. The Bertz CT molecular complexity index is 728. The van der Waals surface area contributed by atoms with E-state index in [0.29, 0.717) is 18.4 Å². The summed E-state index contributed by atoms with van der Waals surface area (Å²) in [6.07, 6.45) is 4.15. The third-order valence-electron chi connectivity index (χ3n) is 5.28. The fraction of sp³-hybridized carbons (Fsp3) is 0.444. The SMILES string of the molecule is Cl.Cl.NC1[C@@H]2CC[C@H]1CN(C(=O)NCc1cnc3ccccc3c1)C2. The van der Waals surface area contributed by atoms with Crippen LogP contribution >= 0.6 is 24.8 Å². The molecule has 0 spiro atoms. The van der Waals surface area contributed by atoms with Crippen LogP contribution in [0.3, 0.4) is 0 Å². The number of rotatable bonds is 2. The minimum absolute atomic E-state index is 0. The minimum Gasteiger partial charge on any atom is -0.334 e. The molecule has 2 heterocycles. The van der Waals surface area contributed by atoms with Gasteiger partial charge in [-0.15, -0.1) is 24.8 Å². The zero-order valence-electron chi connectivity index (χ0n) is 13.9. The van der Waals surface area contributed by atoms with E-state index in [2.05, 4.69) is 16.4 Å². The zero-order chi connectivity index (χ0) is 15.8. The summed E-state index contributed by atoms with van der Waals surface area (Å²) in [4.78, 5) is 18.8. The Morgan fingerprint density at radius 1 is 1.20 bits per heavy atom. The number of nitrogens with two attached hydrogens (primary N) is 1. The molecule has 2 aromatic rings. The summed E-state index contributed by atoms with van der Waals surface area (Å²) in [5.41, 5.74) is 8.20. The van der Waals surface area contributed by atoms with Gasteiger partial charge >= 0.3 is 6.03 Å². The number of aromatic nitrogens is 1. The molecule has 1 aromatic heterocycles. The minimum atomic E-state index is 0. The van der Waals surface area contributed by atoms with Crippen LogP contribution in [-0.4, -0.2) is 35.0 Å². The Labute approximate surface area is 160 Å². The van der Waals surface area contributed by atoms with Crippen molar-refractivity contribution in [1.82, 2.24) is 15.2 Å². The molecule has 1 saturated heterocycles. The van der Waals surface area contributed by atoms with Gasteiger partial charge in [0.25, 0.3) is 0 Å². The van der Waals surface area contributed by atoms with Gasteiger partial charge in [-0.2, -0.15) is 0 Å². The van der Waals surface area contributed by atoms with E-state index < -0.39 is 0 Å². The lowest BCUT2D eigenvalue weighted by Gasteiger charge is -2.36.